The largest absolute Gasteiger partial charge is 0.481 e. The molecule has 0 aliphatic heterocycles. The van der Waals surface area contributed by atoms with Crippen LogP contribution in [-0.4, -0.2) is 111 Å². The van der Waals surface area contributed by atoms with Crippen LogP contribution in [0.5, 0.6) is 0 Å². The zero-order valence-electron chi connectivity index (χ0n) is 28.4. The maximum Gasteiger partial charge on any atom is 0.326 e. The summed E-state index contributed by atoms with van der Waals surface area (Å²) in [4.78, 5) is 88.7. The highest BCUT2D eigenvalue weighted by atomic mass is 32.1. The average Bonchev–Trinajstić information content (AvgIpc) is 3.01. The van der Waals surface area contributed by atoms with Gasteiger partial charge in [-0.1, -0.05) is 34.1 Å². The van der Waals surface area contributed by atoms with Crippen LogP contribution < -0.4 is 38.1 Å². The van der Waals surface area contributed by atoms with E-state index < -0.39 is 96.2 Å². The molecule has 0 aliphatic rings. The normalized spacial score (nSPS) is 16.2. The SMILES string of the molecule is CCC(C)C(NC(=O)C(N)CS)C(=O)NC(C(=O)NC(CC(C)C)C(=O)NC(CCC(=O)O)C(=O)NC(CCCCN)C(=O)O)C(C)O. The number of aliphatic carboxylic acids is 2. The van der Waals surface area contributed by atoms with Gasteiger partial charge in [-0.15, -0.1) is 0 Å². The molecule has 18 heteroatoms. The van der Waals surface area contributed by atoms with E-state index in [9.17, 15) is 48.9 Å². The fourth-order valence-corrected chi connectivity index (χ4v) is 4.66. The number of carbonyl (C=O) groups is 7. The standard InChI is InChI=1S/C30H55N7O10S/c1-6-16(4)23(36-25(41)18(32)14-48)28(44)37-24(17(5)38)29(45)35-21(13-15(2)3)27(43)33-19(10-11-22(39)40)26(42)34-20(30(46)47)9-7-8-12-31/h15-21,23-24,38,48H,6-14,31-32H2,1-5H3,(H,33,43)(H,34,42)(H,35,45)(H,36,41)(H,37,44)(H,39,40)(H,46,47). The highest BCUT2D eigenvalue weighted by Gasteiger charge is 2.35. The molecule has 0 heterocycles. The van der Waals surface area contributed by atoms with Gasteiger partial charge in [0.15, 0.2) is 0 Å². The number of thiol groups is 1. The first-order chi connectivity index (χ1) is 22.4. The lowest BCUT2D eigenvalue weighted by molar-refractivity contribution is -0.143. The summed E-state index contributed by atoms with van der Waals surface area (Å²) in [7, 11) is 0. The molecule has 0 saturated heterocycles. The first-order valence-corrected chi connectivity index (χ1v) is 16.7. The van der Waals surface area contributed by atoms with Crippen LogP contribution in [0.3, 0.4) is 0 Å². The van der Waals surface area contributed by atoms with Crippen molar-refractivity contribution in [3.05, 3.63) is 0 Å². The number of aliphatic hydroxyl groups excluding tert-OH is 1. The second kappa shape index (κ2) is 23.0. The summed E-state index contributed by atoms with van der Waals surface area (Å²) < 4.78 is 0. The van der Waals surface area contributed by atoms with E-state index in [1.54, 1.807) is 27.7 Å². The fraction of sp³-hybridized carbons (Fsp3) is 0.767. The van der Waals surface area contributed by atoms with E-state index in [0.717, 1.165) is 0 Å². The van der Waals surface area contributed by atoms with Crippen molar-refractivity contribution in [2.75, 3.05) is 12.3 Å². The number of rotatable bonds is 24. The number of carbonyl (C=O) groups excluding carboxylic acids is 5. The maximum absolute atomic E-state index is 13.5. The molecule has 0 fully saturated rings. The van der Waals surface area contributed by atoms with Crippen LogP contribution in [0.1, 0.15) is 79.6 Å². The second-order valence-corrected chi connectivity index (χ2v) is 12.6. The smallest absolute Gasteiger partial charge is 0.326 e. The molecule has 0 radical (unpaired) electrons. The van der Waals surface area contributed by atoms with Gasteiger partial charge in [0.05, 0.1) is 12.1 Å². The Hall–Kier alpha value is -3.48. The molecule has 48 heavy (non-hydrogen) atoms. The van der Waals surface area contributed by atoms with Gasteiger partial charge in [-0.2, -0.15) is 12.6 Å². The van der Waals surface area contributed by atoms with Crippen LogP contribution in [0.15, 0.2) is 0 Å². The molecule has 0 aromatic carbocycles. The van der Waals surface area contributed by atoms with Gasteiger partial charge >= 0.3 is 11.9 Å². The topological polar surface area (TPSA) is 292 Å². The highest BCUT2D eigenvalue weighted by Crippen LogP contribution is 2.12. The van der Waals surface area contributed by atoms with Crippen LogP contribution in [0.2, 0.25) is 0 Å². The number of hydrogen-bond donors (Lipinski definition) is 11. The number of carboxylic acid groups (broad SMARTS) is 2. The third-order valence-electron chi connectivity index (χ3n) is 7.57. The van der Waals surface area contributed by atoms with Crippen molar-refractivity contribution in [1.29, 1.82) is 0 Å². The summed E-state index contributed by atoms with van der Waals surface area (Å²) in [5, 5.41) is 41.4. The van der Waals surface area contributed by atoms with Crippen molar-refractivity contribution >= 4 is 54.1 Å². The second-order valence-electron chi connectivity index (χ2n) is 12.3. The number of nitrogens with one attached hydrogen (secondary N) is 5. The zero-order valence-corrected chi connectivity index (χ0v) is 29.3. The molecule has 0 aromatic heterocycles. The Labute approximate surface area is 286 Å². The molecule has 0 bridgehead atoms. The van der Waals surface area contributed by atoms with Crippen LogP contribution in [0.4, 0.5) is 0 Å². The van der Waals surface area contributed by atoms with Crippen molar-refractivity contribution < 1.29 is 48.9 Å². The number of nitrogens with two attached hydrogens (primary N) is 2. The molecule has 12 N–H and O–H groups in total. The first-order valence-electron chi connectivity index (χ1n) is 16.1. The minimum absolute atomic E-state index is 0.0203. The lowest BCUT2D eigenvalue weighted by Crippen LogP contribution is -2.62. The zero-order chi connectivity index (χ0) is 37.1. The number of aliphatic hydroxyl groups is 1. The van der Waals surface area contributed by atoms with E-state index in [-0.39, 0.29) is 30.9 Å². The molecule has 0 rings (SSSR count). The number of hydrogen-bond acceptors (Lipinski definition) is 11. The highest BCUT2D eigenvalue weighted by molar-refractivity contribution is 7.80. The van der Waals surface area contributed by atoms with E-state index in [1.807, 2.05) is 0 Å². The van der Waals surface area contributed by atoms with Crippen molar-refractivity contribution in [3.63, 3.8) is 0 Å². The van der Waals surface area contributed by atoms with Crippen LogP contribution in [0, 0.1) is 11.8 Å². The lowest BCUT2D eigenvalue weighted by Gasteiger charge is -2.30. The lowest BCUT2D eigenvalue weighted by atomic mass is 9.97. The number of amides is 5. The first kappa shape index (κ1) is 44.5. The number of carboxylic acids is 2. The van der Waals surface area contributed by atoms with Crippen molar-refractivity contribution in [2.45, 2.75) is 122 Å². The summed E-state index contributed by atoms with van der Waals surface area (Å²) in [6.45, 7) is 8.56. The van der Waals surface area contributed by atoms with Gasteiger partial charge in [0.1, 0.15) is 30.2 Å². The third kappa shape index (κ3) is 16.6. The molecule has 0 aliphatic carbocycles. The van der Waals surface area contributed by atoms with Crippen LogP contribution in [-0.2, 0) is 33.6 Å². The average molecular weight is 706 g/mol. The van der Waals surface area contributed by atoms with E-state index in [4.69, 9.17) is 11.5 Å². The molecule has 8 atom stereocenters. The Morgan fingerprint density at radius 1 is 0.708 bits per heavy atom. The predicted molar refractivity (Wildman–Crippen MR) is 179 cm³/mol. The van der Waals surface area contributed by atoms with E-state index in [0.29, 0.717) is 25.8 Å². The molecule has 0 saturated carbocycles. The van der Waals surface area contributed by atoms with Crippen LogP contribution >= 0.6 is 12.6 Å². The van der Waals surface area contributed by atoms with E-state index in [2.05, 4.69) is 39.2 Å². The number of unbranched alkanes of at least 4 members (excludes halogenated alkanes) is 1. The summed E-state index contributed by atoms with van der Waals surface area (Å²) in [5.74, 6) is -7.31. The molecule has 0 aromatic rings. The Balaban J connectivity index is 6.08. The molecular formula is C30H55N7O10S. The summed E-state index contributed by atoms with van der Waals surface area (Å²) in [6, 6.07) is -7.77. The Bertz CT molecular complexity index is 1090. The van der Waals surface area contributed by atoms with Gasteiger partial charge in [0, 0.05) is 12.2 Å². The van der Waals surface area contributed by atoms with E-state index >= 15 is 0 Å². The summed E-state index contributed by atoms with van der Waals surface area (Å²) >= 11 is 3.99. The summed E-state index contributed by atoms with van der Waals surface area (Å²) in [5.41, 5.74) is 11.2. The van der Waals surface area contributed by atoms with Gasteiger partial charge in [-0.25, -0.2) is 4.79 Å². The van der Waals surface area contributed by atoms with Gasteiger partial charge in [-0.05, 0) is 57.4 Å². The minimum Gasteiger partial charge on any atom is -0.481 e. The molecule has 0 spiro atoms. The van der Waals surface area contributed by atoms with Gasteiger partial charge in [0.2, 0.25) is 29.5 Å². The van der Waals surface area contributed by atoms with Crippen molar-refractivity contribution in [3.8, 4) is 0 Å². The summed E-state index contributed by atoms with van der Waals surface area (Å²) in [6.07, 6.45) is -0.893. The monoisotopic (exact) mass is 705 g/mol. The molecular weight excluding hydrogens is 650 g/mol. The maximum atomic E-state index is 13.5. The van der Waals surface area contributed by atoms with Gasteiger partial charge in [-0.3, -0.25) is 28.8 Å². The van der Waals surface area contributed by atoms with Gasteiger partial charge in [0.25, 0.3) is 0 Å². The Morgan fingerprint density at radius 2 is 1.23 bits per heavy atom. The Morgan fingerprint density at radius 3 is 1.71 bits per heavy atom. The molecule has 5 amide bonds. The van der Waals surface area contributed by atoms with Crippen molar-refractivity contribution in [1.82, 2.24) is 26.6 Å². The van der Waals surface area contributed by atoms with Gasteiger partial charge < -0.3 is 53.4 Å². The third-order valence-corrected chi connectivity index (χ3v) is 7.96. The molecule has 276 valence electrons. The van der Waals surface area contributed by atoms with Crippen molar-refractivity contribution in [2.24, 2.45) is 23.3 Å². The quantitative estimate of drug-likeness (QED) is 0.0393. The minimum atomic E-state index is -1.57. The van der Waals surface area contributed by atoms with E-state index in [1.165, 1.54) is 6.92 Å². The molecule has 8 unspecified atom stereocenters. The molecule has 17 nitrogen and oxygen atoms in total. The van der Waals surface area contributed by atoms with Crippen LogP contribution in [0.25, 0.3) is 0 Å². The predicted octanol–water partition coefficient (Wildman–Crippen LogP) is -1.78. The Kier molecular flexibility index (Phi) is 21.3. The fourth-order valence-electron chi connectivity index (χ4n) is 4.49.